The van der Waals surface area contributed by atoms with Crippen LogP contribution in [0.3, 0.4) is 0 Å². The molecule has 0 aliphatic heterocycles. The smallest absolute Gasteiger partial charge is 0.260 e. The van der Waals surface area contributed by atoms with Crippen molar-refractivity contribution in [2.24, 2.45) is 0 Å². The van der Waals surface area contributed by atoms with Crippen LogP contribution in [-0.4, -0.2) is 41.2 Å². The first-order valence-electron chi connectivity index (χ1n) is 9.65. The normalized spacial score (nSPS) is 10.9. The average Bonchev–Trinajstić information content (AvgIpc) is 3.46. The first-order valence-corrected chi connectivity index (χ1v) is 10.8. The highest BCUT2D eigenvalue weighted by Crippen LogP contribution is 2.34. The quantitative estimate of drug-likeness (QED) is 0.377. The first kappa shape index (κ1) is 21.1. The molecular weight excluding hydrogens is 436 g/mol. The fraction of sp³-hybridized carbons (Fsp3) is 0.227. The third-order valence-electron chi connectivity index (χ3n) is 4.79. The standard InChI is InChI=1S/C22H21ClN4O3S/c1-29-16-11-15(12-17(13-16)30-2)21(28)27(9-4-8-26-10-7-24-14-26)22-25-20-18(23)5-3-6-19(20)31-22/h3,5-7,10-14H,4,8-9H2,1-2H3. The van der Waals surface area contributed by atoms with Crippen molar-refractivity contribution in [1.29, 1.82) is 0 Å². The number of carbonyl (C=O) groups excluding carboxylic acids is 1. The number of imidazole rings is 1. The van der Waals surface area contributed by atoms with Crippen molar-refractivity contribution in [2.45, 2.75) is 13.0 Å². The molecule has 0 atom stereocenters. The predicted molar refractivity (Wildman–Crippen MR) is 123 cm³/mol. The van der Waals surface area contributed by atoms with E-state index in [0.717, 1.165) is 17.7 Å². The van der Waals surface area contributed by atoms with Gasteiger partial charge >= 0.3 is 0 Å². The Balaban J connectivity index is 1.68. The van der Waals surface area contributed by atoms with Crippen molar-refractivity contribution in [3.05, 3.63) is 65.7 Å². The van der Waals surface area contributed by atoms with Gasteiger partial charge in [-0.05, 0) is 30.7 Å². The average molecular weight is 457 g/mol. The monoisotopic (exact) mass is 456 g/mol. The number of ether oxygens (including phenoxy) is 2. The second-order valence-electron chi connectivity index (χ2n) is 6.80. The molecule has 2 aromatic heterocycles. The molecule has 1 amide bonds. The van der Waals surface area contributed by atoms with Crippen LogP contribution >= 0.6 is 22.9 Å². The summed E-state index contributed by atoms with van der Waals surface area (Å²) in [5.74, 6) is 0.917. The van der Waals surface area contributed by atoms with Gasteiger partial charge in [-0.2, -0.15) is 0 Å². The van der Waals surface area contributed by atoms with Gasteiger partial charge in [0, 0.05) is 37.1 Å². The second-order valence-corrected chi connectivity index (χ2v) is 8.21. The summed E-state index contributed by atoms with van der Waals surface area (Å²) in [7, 11) is 3.11. The number of rotatable bonds is 8. The molecule has 0 N–H and O–H groups in total. The van der Waals surface area contributed by atoms with Gasteiger partial charge in [0.05, 0.1) is 30.3 Å². The summed E-state index contributed by atoms with van der Waals surface area (Å²) in [4.78, 5) is 24.0. The van der Waals surface area contributed by atoms with Crippen LogP contribution in [0, 0.1) is 0 Å². The summed E-state index contributed by atoms with van der Waals surface area (Å²) >= 11 is 7.76. The van der Waals surface area contributed by atoms with E-state index in [2.05, 4.69) is 9.97 Å². The van der Waals surface area contributed by atoms with E-state index in [4.69, 9.17) is 21.1 Å². The van der Waals surface area contributed by atoms with Crippen LogP contribution in [0.25, 0.3) is 10.2 Å². The number of hydrogen-bond acceptors (Lipinski definition) is 6. The SMILES string of the molecule is COc1cc(OC)cc(C(=O)N(CCCn2ccnc2)c2nc3c(Cl)cccc3s2)c1. The van der Waals surface area contributed by atoms with Crippen molar-refractivity contribution in [1.82, 2.24) is 14.5 Å². The van der Waals surface area contributed by atoms with E-state index in [0.29, 0.717) is 39.3 Å². The topological polar surface area (TPSA) is 69.5 Å². The number of aryl methyl sites for hydroxylation is 1. The maximum atomic E-state index is 13.6. The van der Waals surface area contributed by atoms with Crippen LogP contribution in [0.4, 0.5) is 5.13 Å². The number of para-hydroxylation sites is 1. The van der Waals surface area contributed by atoms with Crippen molar-refractivity contribution in [2.75, 3.05) is 25.7 Å². The van der Waals surface area contributed by atoms with E-state index < -0.39 is 0 Å². The van der Waals surface area contributed by atoms with Crippen LogP contribution < -0.4 is 14.4 Å². The van der Waals surface area contributed by atoms with E-state index in [1.165, 1.54) is 11.3 Å². The summed E-state index contributed by atoms with van der Waals surface area (Å²) in [6.45, 7) is 1.21. The molecule has 0 saturated heterocycles. The molecule has 31 heavy (non-hydrogen) atoms. The number of amides is 1. The zero-order valence-corrected chi connectivity index (χ0v) is 18.7. The molecule has 2 aromatic carbocycles. The first-order chi connectivity index (χ1) is 15.1. The Kier molecular flexibility index (Phi) is 6.39. The highest BCUT2D eigenvalue weighted by atomic mass is 35.5. The highest BCUT2D eigenvalue weighted by molar-refractivity contribution is 7.22. The molecule has 2 heterocycles. The summed E-state index contributed by atoms with van der Waals surface area (Å²) < 4.78 is 13.6. The Labute approximate surface area is 188 Å². The Morgan fingerprint density at radius 1 is 1.19 bits per heavy atom. The van der Waals surface area contributed by atoms with Crippen molar-refractivity contribution >= 4 is 44.2 Å². The molecule has 0 aliphatic carbocycles. The van der Waals surface area contributed by atoms with Gasteiger partial charge in [0.2, 0.25) is 0 Å². The van der Waals surface area contributed by atoms with Gasteiger partial charge in [-0.3, -0.25) is 9.69 Å². The van der Waals surface area contributed by atoms with Crippen LogP contribution in [0.1, 0.15) is 16.8 Å². The van der Waals surface area contributed by atoms with Crippen LogP contribution in [-0.2, 0) is 6.54 Å². The highest BCUT2D eigenvalue weighted by Gasteiger charge is 2.23. The minimum atomic E-state index is -0.182. The number of thiazole rings is 1. The number of anilines is 1. The van der Waals surface area contributed by atoms with E-state index >= 15 is 0 Å². The van der Waals surface area contributed by atoms with Crippen molar-refractivity contribution in [3.63, 3.8) is 0 Å². The predicted octanol–water partition coefficient (Wildman–Crippen LogP) is 4.90. The lowest BCUT2D eigenvalue weighted by molar-refractivity contribution is 0.0985. The van der Waals surface area contributed by atoms with Crippen LogP contribution in [0.15, 0.2) is 55.1 Å². The molecule has 0 aliphatic rings. The number of fused-ring (bicyclic) bond motifs is 1. The maximum absolute atomic E-state index is 13.6. The van der Waals surface area contributed by atoms with Gasteiger partial charge in [0.1, 0.15) is 17.0 Å². The summed E-state index contributed by atoms with van der Waals surface area (Å²) in [5, 5.41) is 1.16. The fourth-order valence-electron chi connectivity index (χ4n) is 3.22. The lowest BCUT2D eigenvalue weighted by atomic mass is 10.1. The maximum Gasteiger partial charge on any atom is 0.260 e. The fourth-order valence-corrected chi connectivity index (χ4v) is 4.51. The number of nitrogens with zero attached hydrogens (tertiary/aromatic N) is 4. The third-order valence-corrected chi connectivity index (χ3v) is 6.14. The van der Waals surface area contributed by atoms with E-state index in [-0.39, 0.29) is 5.91 Å². The number of halogens is 1. The molecule has 0 spiro atoms. The van der Waals surface area contributed by atoms with Crippen LogP contribution in [0.2, 0.25) is 5.02 Å². The number of benzene rings is 2. The summed E-state index contributed by atoms with van der Waals surface area (Å²) in [5.41, 5.74) is 1.16. The van der Waals surface area contributed by atoms with Gasteiger partial charge in [-0.1, -0.05) is 29.0 Å². The molecule has 0 radical (unpaired) electrons. The molecule has 4 aromatic rings. The minimum Gasteiger partial charge on any atom is -0.497 e. The van der Waals surface area contributed by atoms with Crippen molar-refractivity contribution in [3.8, 4) is 11.5 Å². The molecule has 160 valence electrons. The van der Waals surface area contributed by atoms with Gasteiger partial charge in [-0.15, -0.1) is 0 Å². The molecule has 7 nitrogen and oxygen atoms in total. The lowest BCUT2D eigenvalue weighted by Crippen LogP contribution is -2.32. The lowest BCUT2D eigenvalue weighted by Gasteiger charge is -2.21. The van der Waals surface area contributed by atoms with Gasteiger partial charge in [0.15, 0.2) is 5.13 Å². The zero-order valence-electron chi connectivity index (χ0n) is 17.1. The minimum absolute atomic E-state index is 0.182. The Hall–Kier alpha value is -3.10. The van der Waals surface area contributed by atoms with E-state index in [1.807, 2.05) is 22.9 Å². The number of methoxy groups -OCH3 is 2. The van der Waals surface area contributed by atoms with Crippen molar-refractivity contribution < 1.29 is 14.3 Å². The van der Waals surface area contributed by atoms with Gasteiger partial charge in [0.25, 0.3) is 5.91 Å². The molecule has 4 rings (SSSR count). The molecule has 0 unspecified atom stereocenters. The number of aromatic nitrogens is 3. The molecular formula is C22H21ClN4O3S. The molecule has 0 fully saturated rings. The summed E-state index contributed by atoms with van der Waals surface area (Å²) in [6.07, 6.45) is 6.13. The Bertz CT molecular complexity index is 1170. The van der Waals surface area contributed by atoms with E-state index in [1.54, 1.807) is 55.9 Å². The zero-order chi connectivity index (χ0) is 21.8. The number of hydrogen-bond donors (Lipinski definition) is 0. The molecule has 0 bridgehead atoms. The van der Waals surface area contributed by atoms with E-state index in [9.17, 15) is 4.79 Å². The Morgan fingerprint density at radius 2 is 1.97 bits per heavy atom. The Morgan fingerprint density at radius 3 is 2.61 bits per heavy atom. The second kappa shape index (κ2) is 9.36. The van der Waals surface area contributed by atoms with Gasteiger partial charge in [-0.25, -0.2) is 9.97 Å². The molecule has 0 saturated carbocycles. The third kappa shape index (κ3) is 4.65. The van der Waals surface area contributed by atoms with Gasteiger partial charge < -0.3 is 14.0 Å². The number of carbonyl (C=O) groups is 1. The molecule has 9 heteroatoms. The largest absolute Gasteiger partial charge is 0.497 e. The van der Waals surface area contributed by atoms with Crippen LogP contribution in [0.5, 0.6) is 11.5 Å². The summed E-state index contributed by atoms with van der Waals surface area (Å²) in [6, 6.07) is 10.8.